The van der Waals surface area contributed by atoms with Crippen molar-refractivity contribution in [1.29, 1.82) is 0 Å². The van der Waals surface area contributed by atoms with Crippen molar-refractivity contribution in [1.82, 2.24) is 5.32 Å². The monoisotopic (exact) mass is 301 g/mol. The van der Waals surface area contributed by atoms with E-state index in [0.29, 0.717) is 6.04 Å². The van der Waals surface area contributed by atoms with E-state index in [-0.39, 0.29) is 11.9 Å². The number of alkyl halides is 2. The third kappa shape index (κ3) is 8.63. The van der Waals surface area contributed by atoms with E-state index in [9.17, 15) is 8.78 Å². The first-order valence-electron chi connectivity index (χ1n) is 7.42. The van der Waals surface area contributed by atoms with E-state index in [1.807, 2.05) is 12.1 Å². The van der Waals surface area contributed by atoms with Crippen molar-refractivity contribution in [2.45, 2.75) is 58.3 Å². The molecule has 0 amide bonds. The zero-order valence-electron chi connectivity index (χ0n) is 12.7. The van der Waals surface area contributed by atoms with Crippen molar-refractivity contribution in [3.8, 4) is 5.75 Å². The number of aliphatic hydroxyl groups is 1. The Morgan fingerprint density at radius 1 is 1.14 bits per heavy atom. The Morgan fingerprint density at radius 2 is 1.81 bits per heavy atom. The third-order valence-corrected chi connectivity index (χ3v) is 3.31. The van der Waals surface area contributed by atoms with Gasteiger partial charge in [0.15, 0.2) is 0 Å². The topological polar surface area (TPSA) is 41.5 Å². The summed E-state index contributed by atoms with van der Waals surface area (Å²) < 4.78 is 28.4. The molecular weight excluding hydrogens is 276 g/mol. The third-order valence-electron chi connectivity index (χ3n) is 3.31. The lowest BCUT2D eigenvalue weighted by Crippen LogP contribution is -2.27. The second-order valence-electron chi connectivity index (χ2n) is 5.41. The highest BCUT2D eigenvalue weighted by atomic mass is 19.3. The van der Waals surface area contributed by atoms with E-state index in [4.69, 9.17) is 5.11 Å². The summed E-state index contributed by atoms with van der Waals surface area (Å²) in [6, 6.07) is 7.16. The minimum atomic E-state index is -2.78. The lowest BCUT2D eigenvalue weighted by Gasteiger charge is -2.14. The summed E-state index contributed by atoms with van der Waals surface area (Å²) in [5.74, 6) is 0.193. The molecule has 0 spiro atoms. The molecule has 0 saturated carbocycles. The predicted octanol–water partition coefficient (Wildman–Crippen LogP) is 3.36. The quantitative estimate of drug-likeness (QED) is 0.651. The molecule has 5 heteroatoms. The Bertz CT molecular complexity index is 382. The molecule has 0 saturated heterocycles. The fourth-order valence-corrected chi connectivity index (χ4v) is 2.07. The van der Waals surface area contributed by atoms with Gasteiger partial charge in [-0.25, -0.2) is 0 Å². The maximum atomic E-state index is 12.0. The molecule has 0 aliphatic rings. The SMILES string of the molecule is CC(O)CCCNC(C)CCc1ccc(OC(F)F)cc1. The number of hydrogen-bond donors (Lipinski definition) is 2. The smallest absolute Gasteiger partial charge is 0.387 e. The molecule has 1 aromatic carbocycles. The number of aryl methyl sites for hydroxylation is 1. The van der Waals surface area contributed by atoms with E-state index in [1.165, 1.54) is 0 Å². The summed E-state index contributed by atoms with van der Waals surface area (Å²) in [4.78, 5) is 0. The largest absolute Gasteiger partial charge is 0.435 e. The molecule has 2 N–H and O–H groups in total. The van der Waals surface area contributed by atoms with Gasteiger partial charge in [0.1, 0.15) is 5.75 Å². The van der Waals surface area contributed by atoms with E-state index in [2.05, 4.69) is 17.0 Å². The van der Waals surface area contributed by atoms with Crippen molar-refractivity contribution < 1.29 is 18.6 Å². The molecule has 0 heterocycles. The molecule has 2 unspecified atom stereocenters. The average molecular weight is 301 g/mol. The summed E-state index contributed by atoms with van der Waals surface area (Å²) in [5, 5.41) is 12.6. The van der Waals surface area contributed by atoms with Crippen LogP contribution in [0.3, 0.4) is 0 Å². The van der Waals surface area contributed by atoms with Gasteiger partial charge in [0, 0.05) is 6.04 Å². The van der Waals surface area contributed by atoms with Gasteiger partial charge in [-0.15, -0.1) is 0 Å². The number of nitrogens with one attached hydrogen (secondary N) is 1. The number of ether oxygens (including phenoxy) is 1. The first kappa shape index (κ1) is 17.9. The minimum Gasteiger partial charge on any atom is -0.435 e. The highest BCUT2D eigenvalue weighted by Crippen LogP contribution is 2.16. The van der Waals surface area contributed by atoms with Gasteiger partial charge < -0.3 is 15.2 Å². The summed E-state index contributed by atoms with van der Waals surface area (Å²) >= 11 is 0. The molecule has 0 radical (unpaired) electrons. The van der Waals surface area contributed by atoms with Crippen LogP contribution in [-0.4, -0.2) is 30.4 Å². The number of halogens is 2. The normalized spacial score (nSPS) is 14.2. The van der Waals surface area contributed by atoms with Crippen molar-refractivity contribution >= 4 is 0 Å². The van der Waals surface area contributed by atoms with Crippen molar-refractivity contribution in [3.05, 3.63) is 29.8 Å². The van der Waals surface area contributed by atoms with E-state index >= 15 is 0 Å². The van der Waals surface area contributed by atoms with Gasteiger partial charge in [0.25, 0.3) is 0 Å². The average Bonchev–Trinajstić information content (AvgIpc) is 2.42. The minimum absolute atomic E-state index is 0.193. The Hall–Kier alpha value is -1.20. The van der Waals surface area contributed by atoms with Crippen LogP contribution in [0.2, 0.25) is 0 Å². The standard InChI is InChI=1S/C16H25F2NO2/c1-12(19-11-3-4-13(2)20)5-6-14-7-9-15(10-8-14)21-16(17)18/h7-10,12-13,16,19-20H,3-6,11H2,1-2H3. The van der Waals surface area contributed by atoms with Crippen LogP contribution in [0.15, 0.2) is 24.3 Å². The molecule has 0 bridgehead atoms. The van der Waals surface area contributed by atoms with E-state index in [1.54, 1.807) is 19.1 Å². The molecule has 21 heavy (non-hydrogen) atoms. The Kier molecular flexibility index (Phi) is 8.23. The van der Waals surface area contributed by atoms with Gasteiger partial charge in [0.2, 0.25) is 0 Å². The first-order valence-corrected chi connectivity index (χ1v) is 7.42. The van der Waals surface area contributed by atoms with Gasteiger partial charge in [-0.1, -0.05) is 12.1 Å². The Labute approximate surface area is 125 Å². The zero-order valence-corrected chi connectivity index (χ0v) is 12.7. The second kappa shape index (κ2) is 9.68. The maximum absolute atomic E-state index is 12.0. The Balaban J connectivity index is 2.21. The molecule has 0 fully saturated rings. The van der Waals surface area contributed by atoms with Crippen LogP contribution in [0.1, 0.15) is 38.7 Å². The number of rotatable bonds is 10. The van der Waals surface area contributed by atoms with Crippen LogP contribution in [0.25, 0.3) is 0 Å². The lowest BCUT2D eigenvalue weighted by molar-refractivity contribution is -0.0498. The molecule has 120 valence electrons. The lowest BCUT2D eigenvalue weighted by atomic mass is 10.1. The summed E-state index contributed by atoms with van der Waals surface area (Å²) in [7, 11) is 0. The van der Waals surface area contributed by atoms with Crippen LogP contribution >= 0.6 is 0 Å². The molecule has 1 aromatic rings. The predicted molar refractivity (Wildman–Crippen MR) is 79.8 cm³/mol. The molecule has 3 nitrogen and oxygen atoms in total. The van der Waals surface area contributed by atoms with Crippen LogP contribution in [-0.2, 0) is 6.42 Å². The number of aliphatic hydroxyl groups excluding tert-OH is 1. The van der Waals surface area contributed by atoms with Crippen LogP contribution in [0.4, 0.5) is 8.78 Å². The second-order valence-corrected chi connectivity index (χ2v) is 5.41. The van der Waals surface area contributed by atoms with Gasteiger partial charge in [0.05, 0.1) is 6.10 Å². The van der Waals surface area contributed by atoms with Gasteiger partial charge in [-0.2, -0.15) is 8.78 Å². The van der Waals surface area contributed by atoms with Gasteiger partial charge >= 0.3 is 6.61 Å². The molecule has 0 aromatic heterocycles. The highest BCUT2D eigenvalue weighted by Gasteiger charge is 2.05. The van der Waals surface area contributed by atoms with Crippen LogP contribution in [0.5, 0.6) is 5.75 Å². The Morgan fingerprint density at radius 3 is 2.38 bits per heavy atom. The van der Waals surface area contributed by atoms with Crippen LogP contribution in [0, 0.1) is 0 Å². The summed E-state index contributed by atoms with van der Waals surface area (Å²) in [6.07, 6.45) is 3.40. The zero-order chi connectivity index (χ0) is 15.7. The number of benzene rings is 1. The van der Waals surface area contributed by atoms with Crippen LogP contribution < -0.4 is 10.1 Å². The van der Waals surface area contributed by atoms with Crippen molar-refractivity contribution in [3.63, 3.8) is 0 Å². The van der Waals surface area contributed by atoms with Crippen molar-refractivity contribution in [2.24, 2.45) is 0 Å². The highest BCUT2D eigenvalue weighted by molar-refractivity contribution is 5.27. The van der Waals surface area contributed by atoms with Gasteiger partial charge in [-0.3, -0.25) is 0 Å². The molecular formula is C16H25F2NO2. The molecule has 2 atom stereocenters. The number of hydrogen-bond acceptors (Lipinski definition) is 3. The summed E-state index contributed by atoms with van der Waals surface area (Å²) in [6.45, 7) is 2.04. The summed E-state index contributed by atoms with van der Waals surface area (Å²) in [5.41, 5.74) is 1.11. The molecule has 1 rings (SSSR count). The van der Waals surface area contributed by atoms with E-state index in [0.717, 1.165) is 37.8 Å². The molecule has 0 aliphatic carbocycles. The fourth-order valence-electron chi connectivity index (χ4n) is 2.07. The maximum Gasteiger partial charge on any atom is 0.387 e. The molecule has 0 aliphatic heterocycles. The van der Waals surface area contributed by atoms with Gasteiger partial charge in [-0.05, 0) is 63.8 Å². The van der Waals surface area contributed by atoms with E-state index < -0.39 is 6.61 Å². The first-order chi connectivity index (χ1) is 9.97. The fraction of sp³-hybridized carbons (Fsp3) is 0.625. The van der Waals surface area contributed by atoms with Crippen molar-refractivity contribution in [2.75, 3.05) is 6.54 Å².